The number of carbonyl (C=O) groups is 1. The van der Waals surface area contributed by atoms with E-state index >= 15 is 0 Å². The average molecular weight is 484 g/mol. The Bertz CT molecular complexity index is 778. The third kappa shape index (κ3) is 3.49. The third-order valence-corrected chi connectivity index (χ3v) is 8.49. The van der Waals surface area contributed by atoms with Crippen LogP contribution in [0, 0.1) is 9.25 Å². The highest BCUT2D eigenvalue weighted by atomic mass is 127. The molecule has 1 atom stereocenters. The van der Waals surface area contributed by atoms with Gasteiger partial charge < -0.3 is 0 Å². The van der Waals surface area contributed by atoms with Gasteiger partial charge in [0.05, 0.1) is 20.2 Å². The summed E-state index contributed by atoms with van der Waals surface area (Å²) in [5.41, 5.74) is -0.0564. The number of amides is 1. The molecule has 1 aliphatic carbocycles. The van der Waals surface area contributed by atoms with E-state index in [4.69, 9.17) is 11.6 Å². The van der Waals surface area contributed by atoms with Crippen molar-refractivity contribution in [1.82, 2.24) is 9.97 Å². The van der Waals surface area contributed by atoms with E-state index in [2.05, 4.69) is 14.3 Å². The fourth-order valence-electron chi connectivity index (χ4n) is 2.48. The highest BCUT2D eigenvalue weighted by molar-refractivity contribution is 14.1. The average Bonchev–Trinajstić information content (AvgIpc) is 3.16. The number of hydrogen-bond acceptors (Lipinski definition) is 4. The molecule has 0 spiro atoms. The Kier molecular flexibility index (Phi) is 5.14. The topological polar surface area (TPSA) is 72.3 Å². The first-order chi connectivity index (χ1) is 10.7. The molecular weight excluding hydrogens is 461 g/mol. The van der Waals surface area contributed by atoms with Crippen molar-refractivity contribution in [2.24, 2.45) is 9.78 Å². The van der Waals surface area contributed by atoms with E-state index in [1.54, 1.807) is 26.8 Å². The quantitative estimate of drug-likeness (QED) is 0.351. The Balaban J connectivity index is 2.72. The Labute approximate surface area is 162 Å². The first-order valence-electron chi connectivity index (χ1n) is 7.74. The second-order valence-electron chi connectivity index (χ2n) is 8.12. The standard InChI is InChI=1S/C16H23ClIN3O2S/c1-14(2,3)12(22)21-24(23,15(4,5)6)16(7-8-16)10-9-11(17)20-13(18)19-10/h9H,7-8H2,1-6H3. The van der Waals surface area contributed by atoms with Gasteiger partial charge in [0, 0.05) is 32.8 Å². The van der Waals surface area contributed by atoms with Gasteiger partial charge in [-0.1, -0.05) is 32.4 Å². The van der Waals surface area contributed by atoms with Crippen LogP contribution in [0.15, 0.2) is 10.4 Å². The van der Waals surface area contributed by atoms with Gasteiger partial charge in [0.2, 0.25) is 0 Å². The molecule has 1 aromatic rings. The van der Waals surface area contributed by atoms with Crippen molar-refractivity contribution in [3.8, 4) is 0 Å². The summed E-state index contributed by atoms with van der Waals surface area (Å²) >= 11 is 8.07. The van der Waals surface area contributed by atoms with Gasteiger partial charge in [-0.2, -0.15) is 4.36 Å². The molecule has 2 rings (SSSR count). The van der Waals surface area contributed by atoms with Crippen LogP contribution >= 0.6 is 34.2 Å². The Morgan fingerprint density at radius 2 is 1.79 bits per heavy atom. The second-order valence-corrected chi connectivity index (χ2v) is 12.7. The zero-order chi connectivity index (χ0) is 18.6. The molecule has 1 aliphatic rings. The second kappa shape index (κ2) is 6.16. The summed E-state index contributed by atoms with van der Waals surface area (Å²) in [6.45, 7) is 10.9. The minimum absolute atomic E-state index is 0.313. The van der Waals surface area contributed by atoms with Crippen molar-refractivity contribution in [3.05, 3.63) is 20.7 Å². The minimum atomic E-state index is -2.92. The van der Waals surface area contributed by atoms with Crippen LogP contribution in [0.3, 0.4) is 0 Å². The largest absolute Gasteiger partial charge is 0.271 e. The summed E-state index contributed by atoms with van der Waals surface area (Å²) in [6.07, 6.45) is 1.35. The zero-order valence-corrected chi connectivity index (χ0v) is 18.5. The summed E-state index contributed by atoms with van der Waals surface area (Å²) in [5, 5.41) is 0.313. The Hall–Kier alpha value is -0.280. The van der Waals surface area contributed by atoms with Gasteiger partial charge in [0.15, 0.2) is 3.83 Å². The summed E-state index contributed by atoms with van der Waals surface area (Å²) < 4.78 is 17.5. The highest BCUT2D eigenvalue weighted by Crippen LogP contribution is 2.57. The molecule has 1 unspecified atom stereocenters. The van der Waals surface area contributed by atoms with Gasteiger partial charge in [-0.3, -0.25) is 4.79 Å². The Morgan fingerprint density at radius 3 is 2.17 bits per heavy atom. The number of carbonyl (C=O) groups excluding carboxylic acids is 1. The molecule has 134 valence electrons. The van der Waals surface area contributed by atoms with Gasteiger partial charge in [-0.25, -0.2) is 14.2 Å². The number of rotatable bonds is 2. The van der Waals surface area contributed by atoms with Crippen molar-refractivity contribution in [1.29, 1.82) is 0 Å². The molecular formula is C16H23ClIN3O2S. The molecule has 8 heteroatoms. The molecule has 0 N–H and O–H groups in total. The lowest BCUT2D eigenvalue weighted by atomic mass is 9.96. The molecule has 0 aliphatic heterocycles. The molecule has 0 aromatic carbocycles. The first-order valence-corrected chi connectivity index (χ1v) is 10.7. The third-order valence-electron chi connectivity index (χ3n) is 4.05. The number of aromatic nitrogens is 2. The van der Waals surface area contributed by atoms with E-state index in [0.29, 0.717) is 27.5 Å². The van der Waals surface area contributed by atoms with Gasteiger partial charge >= 0.3 is 0 Å². The van der Waals surface area contributed by atoms with E-state index in [-0.39, 0.29) is 5.91 Å². The summed E-state index contributed by atoms with van der Waals surface area (Å²) in [7, 11) is -2.92. The summed E-state index contributed by atoms with van der Waals surface area (Å²) in [6, 6.07) is 1.65. The van der Waals surface area contributed by atoms with Gasteiger partial charge in [-0.15, -0.1) is 0 Å². The molecule has 1 heterocycles. The van der Waals surface area contributed by atoms with Gasteiger partial charge in [0.1, 0.15) is 5.15 Å². The van der Waals surface area contributed by atoms with Crippen LogP contribution < -0.4 is 0 Å². The van der Waals surface area contributed by atoms with E-state index in [0.717, 1.165) is 0 Å². The van der Waals surface area contributed by atoms with Crippen molar-refractivity contribution >= 4 is 49.8 Å². The number of halogens is 2. The number of nitrogens with zero attached hydrogens (tertiary/aromatic N) is 3. The van der Waals surface area contributed by atoms with E-state index in [9.17, 15) is 9.00 Å². The van der Waals surface area contributed by atoms with E-state index < -0.39 is 24.6 Å². The lowest BCUT2D eigenvalue weighted by Crippen LogP contribution is -2.39. The van der Waals surface area contributed by atoms with Crippen LogP contribution in [-0.4, -0.2) is 24.8 Å². The fraction of sp³-hybridized carbons (Fsp3) is 0.688. The monoisotopic (exact) mass is 483 g/mol. The molecule has 1 fully saturated rings. The van der Waals surface area contributed by atoms with Crippen molar-refractivity contribution in [2.75, 3.05) is 0 Å². The summed E-state index contributed by atoms with van der Waals surface area (Å²) in [5.74, 6) is -0.344. The van der Waals surface area contributed by atoms with Crippen LogP contribution in [0.1, 0.15) is 60.1 Å². The first kappa shape index (κ1) is 20.0. The van der Waals surface area contributed by atoms with Crippen LogP contribution in [0.4, 0.5) is 0 Å². The van der Waals surface area contributed by atoms with Crippen LogP contribution in [0.25, 0.3) is 0 Å². The fourth-order valence-corrected chi connectivity index (χ4v) is 6.49. The van der Waals surface area contributed by atoms with Gasteiger partial charge in [0.25, 0.3) is 5.91 Å². The predicted octanol–water partition coefficient (Wildman–Crippen LogP) is 4.56. The molecule has 1 amide bonds. The van der Waals surface area contributed by atoms with Crippen LogP contribution in [-0.2, 0) is 19.3 Å². The van der Waals surface area contributed by atoms with Gasteiger partial charge in [-0.05, 0) is 39.7 Å². The molecule has 0 radical (unpaired) electrons. The van der Waals surface area contributed by atoms with Crippen LogP contribution in [0.5, 0.6) is 0 Å². The predicted molar refractivity (Wildman–Crippen MR) is 105 cm³/mol. The smallest absolute Gasteiger partial charge is 0.259 e. The lowest BCUT2D eigenvalue weighted by Gasteiger charge is -2.32. The zero-order valence-electron chi connectivity index (χ0n) is 14.8. The normalized spacial score (nSPS) is 19.5. The molecule has 0 saturated heterocycles. The molecule has 1 aromatic heterocycles. The van der Waals surface area contributed by atoms with E-state index in [1.807, 2.05) is 43.4 Å². The SMILES string of the molecule is CC(C)(C)C(=O)N=S(=O)(C(C)(C)C)C1(c2cc(Cl)nc(I)n2)CC1. The number of hydrogen-bond donors (Lipinski definition) is 0. The van der Waals surface area contributed by atoms with Crippen molar-refractivity contribution < 1.29 is 9.00 Å². The molecule has 5 nitrogen and oxygen atoms in total. The molecule has 0 bridgehead atoms. The highest BCUT2D eigenvalue weighted by Gasteiger charge is 2.59. The maximum atomic E-state index is 14.1. The minimum Gasteiger partial charge on any atom is -0.271 e. The van der Waals surface area contributed by atoms with Crippen molar-refractivity contribution in [2.45, 2.75) is 63.9 Å². The Morgan fingerprint density at radius 1 is 1.25 bits per heavy atom. The lowest BCUT2D eigenvalue weighted by molar-refractivity contribution is -0.124. The molecule has 1 saturated carbocycles. The maximum absolute atomic E-state index is 14.1. The van der Waals surface area contributed by atoms with Crippen molar-refractivity contribution in [3.63, 3.8) is 0 Å². The van der Waals surface area contributed by atoms with E-state index in [1.165, 1.54) is 0 Å². The molecule has 24 heavy (non-hydrogen) atoms. The van der Waals surface area contributed by atoms with Crippen LogP contribution in [0.2, 0.25) is 5.15 Å². The maximum Gasteiger partial charge on any atom is 0.259 e. The summed E-state index contributed by atoms with van der Waals surface area (Å²) in [4.78, 5) is 21.1.